The van der Waals surface area contributed by atoms with Gasteiger partial charge in [-0.25, -0.2) is 0 Å². The van der Waals surface area contributed by atoms with Gasteiger partial charge < -0.3 is 14.2 Å². The molecule has 0 aromatic rings. The van der Waals surface area contributed by atoms with Crippen LogP contribution in [0.5, 0.6) is 0 Å². The molecule has 0 aliphatic heterocycles. The molecule has 0 saturated heterocycles. The monoisotopic (exact) mass is 600 g/mol. The fourth-order valence-corrected chi connectivity index (χ4v) is 9.89. The van der Waals surface area contributed by atoms with E-state index in [0.29, 0.717) is 12.0 Å². The molecule has 3 fully saturated rings. The first kappa shape index (κ1) is 34.5. The van der Waals surface area contributed by atoms with Gasteiger partial charge in [-0.3, -0.25) is 9.59 Å². The van der Waals surface area contributed by atoms with Crippen LogP contribution >= 0.6 is 0 Å². The summed E-state index contributed by atoms with van der Waals surface area (Å²) in [5.41, 5.74) is 2.00. The quantitative estimate of drug-likeness (QED) is 0.165. The van der Waals surface area contributed by atoms with Gasteiger partial charge in [-0.05, 0) is 119 Å². The average molecular weight is 601 g/mol. The van der Waals surface area contributed by atoms with Crippen molar-refractivity contribution >= 4 is 11.9 Å². The van der Waals surface area contributed by atoms with Crippen LogP contribution in [0, 0.1) is 46.3 Å². The lowest BCUT2D eigenvalue weighted by molar-refractivity contribution is -0.159. The highest BCUT2D eigenvalue weighted by atomic mass is 16.6. The van der Waals surface area contributed by atoms with E-state index in [1.165, 1.54) is 56.9 Å². The number of hydrogen-bond donors (Lipinski definition) is 0. The summed E-state index contributed by atoms with van der Waals surface area (Å²) in [4.78, 5) is 25.0. The molecular formula is C38H64O5. The van der Waals surface area contributed by atoms with Gasteiger partial charge in [-0.1, -0.05) is 65.5 Å². The zero-order valence-electron chi connectivity index (χ0n) is 29.1. The van der Waals surface area contributed by atoms with Gasteiger partial charge in [0.25, 0.3) is 0 Å². The van der Waals surface area contributed by atoms with Gasteiger partial charge >= 0.3 is 11.9 Å². The molecule has 3 saturated carbocycles. The number of hydrogen-bond acceptors (Lipinski definition) is 5. The number of fused-ring (bicyclic) bond motifs is 5. The van der Waals surface area contributed by atoms with E-state index in [0.717, 1.165) is 54.8 Å². The zero-order valence-corrected chi connectivity index (χ0v) is 29.1. The molecule has 0 amide bonds. The minimum absolute atomic E-state index is 0.0487. The molecule has 4 rings (SSSR count). The van der Waals surface area contributed by atoms with E-state index in [-0.39, 0.29) is 48.0 Å². The number of allylic oxidation sites excluding steroid dienone is 1. The van der Waals surface area contributed by atoms with Gasteiger partial charge in [0.15, 0.2) is 0 Å². The van der Waals surface area contributed by atoms with E-state index in [9.17, 15) is 9.59 Å². The second-order valence-corrected chi connectivity index (χ2v) is 16.9. The van der Waals surface area contributed by atoms with Crippen LogP contribution in [-0.2, 0) is 23.8 Å². The molecular weight excluding hydrogens is 536 g/mol. The van der Waals surface area contributed by atoms with Crippen molar-refractivity contribution in [2.75, 3.05) is 6.61 Å². The van der Waals surface area contributed by atoms with Gasteiger partial charge in [0, 0.05) is 6.42 Å². The van der Waals surface area contributed by atoms with Crippen LogP contribution in [0.3, 0.4) is 0 Å². The van der Waals surface area contributed by atoms with Crippen LogP contribution in [0.2, 0.25) is 0 Å². The Bertz CT molecular complexity index is 993. The lowest BCUT2D eigenvalue weighted by Crippen LogP contribution is -2.51. The topological polar surface area (TPSA) is 61.8 Å². The Hall–Kier alpha value is -1.36. The predicted molar refractivity (Wildman–Crippen MR) is 173 cm³/mol. The highest BCUT2D eigenvalue weighted by molar-refractivity contribution is 5.77. The standard InChI is InChI=1S/C38H64O5/c1-25(2)11-10-12-26(3)31-15-16-32-30-14-13-28-23-29(19-21-37(28,8)33(30)20-22-38(31,32)9)43-35(40)18-17-34(39)42-27(4)24-41-36(5,6)7/h13,25-27,29-33H,10-12,14-24H2,1-9H3/t26?,27?,29-,30-,31?,32-,33-,37-,38+/m0/s1. The largest absolute Gasteiger partial charge is 0.462 e. The molecule has 0 aromatic heterocycles. The SMILES string of the molecule is CC(C)CCCC(C)C1CC[C@H]2[C@@H]3CC=C4C[C@@H](OC(=O)CCC(=O)OC(C)COC(C)(C)C)CC[C@]4(C)[C@H]3CC[C@]12C. The Labute approximate surface area is 263 Å². The first-order valence-corrected chi connectivity index (χ1v) is 17.8. The van der Waals surface area contributed by atoms with E-state index in [2.05, 4.69) is 40.7 Å². The van der Waals surface area contributed by atoms with Crippen molar-refractivity contribution in [3.8, 4) is 0 Å². The zero-order chi connectivity index (χ0) is 31.6. The normalized spacial score (nSPS) is 35.3. The molecule has 5 nitrogen and oxygen atoms in total. The Morgan fingerprint density at radius 3 is 2.35 bits per heavy atom. The number of carbonyl (C=O) groups is 2. The van der Waals surface area contributed by atoms with Crippen LogP contribution in [0.15, 0.2) is 11.6 Å². The molecule has 3 unspecified atom stereocenters. The van der Waals surface area contributed by atoms with E-state index >= 15 is 0 Å². The summed E-state index contributed by atoms with van der Waals surface area (Å²) >= 11 is 0. The van der Waals surface area contributed by atoms with E-state index in [1.807, 2.05) is 27.7 Å². The van der Waals surface area contributed by atoms with Crippen molar-refractivity contribution in [2.24, 2.45) is 46.3 Å². The van der Waals surface area contributed by atoms with Crippen LogP contribution in [-0.4, -0.2) is 36.4 Å². The van der Waals surface area contributed by atoms with Gasteiger partial charge in [-0.2, -0.15) is 0 Å². The van der Waals surface area contributed by atoms with Crippen molar-refractivity contribution in [1.29, 1.82) is 0 Å². The van der Waals surface area contributed by atoms with E-state index < -0.39 is 0 Å². The van der Waals surface area contributed by atoms with Gasteiger partial charge in [-0.15, -0.1) is 0 Å². The molecule has 0 spiro atoms. The molecule has 0 heterocycles. The van der Waals surface area contributed by atoms with Gasteiger partial charge in [0.2, 0.25) is 0 Å². The average Bonchev–Trinajstić information content (AvgIpc) is 3.27. The second kappa shape index (κ2) is 14.0. The highest BCUT2D eigenvalue weighted by Gasteiger charge is 2.59. The maximum absolute atomic E-state index is 12.7. The Morgan fingerprint density at radius 1 is 0.930 bits per heavy atom. The maximum atomic E-state index is 12.7. The number of carbonyl (C=O) groups excluding carboxylic acids is 2. The van der Waals surface area contributed by atoms with Crippen LogP contribution < -0.4 is 0 Å². The Kier molecular flexibility index (Phi) is 11.2. The van der Waals surface area contributed by atoms with E-state index in [1.54, 1.807) is 0 Å². The maximum Gasteiger partial charge on any atom is 0.306 e. The second-order valence-electron chi connectivity index (χ2n) is 16.9. The molecule has 0 bridgehead atoms. The van der Waals surface area contributed by atoms with Gasteiger partial charge in [0.05, 0.1) is 25.0 Å². The third-order valence-corrected chi connectivity index (χ3v) is 12.2. The molecule has 43 heavy (non-hydrogen) atoms. The highest BCUT2D eigenvalue weighted by Crippen LogP contribution is 2.67. The van der Waals surface area contributed by atoms with Crippen LogP contribution in [0.4, 0.5) is 0 Å². The molecule has 246 valence electrons. The number of esters is 2. The molecule has 5 heteroatoms. The number of rotatable bonds is 12. The summed E-state index contributed by atoms with van der Waals surface area (Å²) < 4.78 is 17.0. The number of ether oxygens (including phenoxy) is 3. The Morgan fingerprint density at radius 2 is 1.65 bits per heavy atom. The minimum atomic E-state index is -0.373. The third kappa shape index (κ3) is 8.27. The summed E-state index contributed by atoms with van der Waals surface area (Å²) in [6, 6.07) is 0. The van der Waals surface area contributed by atoms with Crippen molar-refractivity contribution < 1.29 is 23.8 Å². The van der Waals surface area contributed by atoms with Crippen molar-refractivity contribution in [3.63, 3.8) is 0 Å². The summed E-state index contributed by atoms with van der Waals surface area (Å²) in [5.74, 6) is 4.31. The Balaban J connectivity index is 1.27. The molecule has 4 aliphatic rings. The summed E-state index contributed by atoms with van der Waals surface area (Å²) in [6.07, 6.45) is 16.1. The first-order chi connectivity index (χ1) is 20.1. The summed E-state index contributed by atoms with van der Waals surface area (Å²) in [6.45, 7) is 20.5. The molecule has 4 aliphatic carbocycles. The van der Waals surface area contributed by atoms with Crippen LogP contribution in [0.25, 0.3) is 0 Å². The van der Waals surface area contributed by atoms with Crippen LogP contribution in [0.1, 0.15) is 146 Å². The molecule has 0 radical (unpaired) electrons. The van der Waals surface area contributed by atoms with Crippen molar-refractivity contribution in [1.82, 2.24) is 0 Å². The third-order valence-electron chi connectivity index (χ3n) is 12.2. The minimum Gasteiger partial charge on any atom is -0.462 e. The lowest BCUT2D eigenvalue weighted by atomic mass is 9.47. The summed E-state index contributed by atoms with van der Waals surface area (Å²) in [5, 5.41) is 0. The van der Waals surface area contributed by atoms with Crippen molar-refractivity contribution in [3.05, 3.63) is 11.6 Å². The molecule has 9 atom stereocenters. The molecule has 0 aromatic carbocycles. The fraction of sp³-hybridized carbons (Fsp3) is 0.895. The van der Waals surface area contributed by atoms with E-state index in [4.69, 9.17) is 14.2 Å². The predicted octanol–water partition coefficient (Wildman–Crippen LogP) is 9.47. The fourth-order valence-electron chi connectivity index (χ4n) is 9.89. The molecule has 0 N–H and O–H groups in total. The first-order valence-electron chi connectivity index (χ1n) is 17.8. The van der Waals surface area contributed by atoms with Crippen molar-refractivity contribution in [2.45, 2.75) is 164 Å². The van der Waals surface area contributed by atoms with Gasteiger partial charge in [0.1, 0.15) is 12.2 Å². The summed E-state index contributed by atoms with van der Waals surface area (Å²) in [7, 11) is 0. The lowest BCUT2D eigenvalue weighted by Gasteiger charge is -2.58. The smallest absolute Gasteiger partial charge is 0.306 e.